The minimum atomic E-state index is -0.543. The van der Waals surface area contributed by atoms with E-state index < -0.39 is 11.7 Å². The number of nitrogens with one attached hydrogen (secondary N) is 2. The molecule has 2 aromatic carbocycles. The first kappa shape index (κ1) is 22.6. The minimum absolute atomic E-state index is 0.0209. The molecule has 2 N–H and O–H groups in total. The first-order chi connectivity index (χ1) is 13.3. The Labute approximate surface area is 181 Å². The second-order valence-corrected chi connectivity index (χ2v) is 7.81. The fraction of sp³-hybridized carbons (Fsp3) is 0.263. The van der Waals surface area contributed by atoms with Crippen molar-refractivity contribution in [3.8, 4) is 0 Å². The van der Waals surface area contributed by atoms with Gasteiger partial charge >= 0.3 is 0 Å². The van der Waals surface area contributed by atoms with Crippen LogP contribution in [0.15, 0.2) is 40.9 Å². The SMILES string of the molecule is CCCN(CC(=O)Nc1ccc(Br)cc1F)CC(=O)Nc1cc(Cl)ccc1Cl. The Morgan fingerprint density at radius 2 is 1.68 bits per heavy atom. The number of nitrogens with zero attached hydrogens (tertiary/aromatic N) is 1. The highest BCUT2D eigenvalue weighted by molar-refractivity contribution is 9.10. The van der Waals surface area contributed by atoms with Crippen LogP contribution in [0.4, 0.5) is 15.8 Å². The Bertz CT molecular complexity index is 867. The zero-order chi connectivity index (χ0) is 20.7. The van der Waals surface area contributed by atoms with Gasteiger partial charge in [-0.25, -0.2) is 4.39 Å². The van der Waals surface area contributed by atoms with Crippen LogP contribution in [0.5, 0.6) is 0 Å². The van der Waals surface area contributed by atoms with Gasteiger partial charge in [-0.2, -0.15) is 0 Å². The molecule has 9 heteroatoms. The number of benzene rings is 2. The highest BCUT2D eigenvalue weighted by Crippen LogP contribution is 2.25. The van der Waals surface area contributed by atoms with Gasteiger partial charge in [0.05, 0.1) is 29.5 Å². The molecular formula is C19H19BrCl2FN3O2. The van der Waals surface area contributed by atoms with Gasteiger partial charge in [-0.1, -0.05) is 46.1 Å². The molecule has 0 heterocycles. The molecular weight excluding hydrogens is 472 g/mol. The maximum Gasteiger partial charge on any atom is 0.238 e. The fourth-order valence-electron chi connectivity index (χ4n) is 2.50. The van der Waals surface area contributed by atoms with Crippen molar-refractivity contribution in [1.82, 2.24) is 4.90 Å². The molecule has 0 atom stereocenters. The molecule has 0 bridgehead atoms. The van der Waals surface area contributed by atoms with Crippen LogP contribution in [0.1, 0.15) is 13.3 Å². The van der Waals surface area contributed by atoms with E-state index >= 15 is 0 Å². The summed E-state index contributed by atoms with van der Waals surface area (Å²) in [4.78, 5) is 26.3. The van der Waals surface area contributed by atoms with Gasteiger partial charge in [-0.15, -0.1) is 0 Å². The largest absolute Gasteiger partial charge is 0.324 e. The molecule has 0 aliphatic rings. The smallest absolute Gasteiger partial charge is 0.238 e. The second kappa shape index (κ2) is 10.8. The van der Waals surface area contributed by atoms with Crippen LogP contribution >= 0.6 is 39.1 Å². The molecule has 0 saturated carbocycles. The van der Waals surface area contributed by atoms with E-state index in [0.29, 0.717) is 26.8 Å². The van der Waals surface area contributed by atoms with Gasteiger partial charge in [0.1, 0.15) is 5.82 Å². The standard InChI is InChI=1S/C19H19BrCl2FN3O2/c1-2-7-26(10-18(27)24-16-6-3-12(20)8-15(16)23)11-19(28)25-17-9-13(21)4-5-14(17)22/h3-6,8-9H,2,7,10-11H2,1H3,(H,24,27)(H,25,28). The number of anilines is 2. The fourth-order valence-corrected chi connectivity index (χ4v) is 3.17. The van der Waals surface area contributed by atoms with E-state index in [1.165, 1.54) is 12.1 Å². The molecule has 0 fully saturated rings. The van der Waals surface area contributed by atoms with Gasteiger partial charge in [0, 0.05) is 9.50 Å². The molecule has 2 rings (SSSR count). The molecule has 150 valence electrons. The number of halogens is 4. The van der Waals surface area contributed by atoms with Gasteiger partial charge < -0.3 is 10.6 Å². The lowest BCUT2D eigenvalue weighted by Gasteiger charge is -2.21. The van der Waals surface area contributed by atoms with Gasteiger partial charge in [-0.05, 0) is 49.4 Å². The average molecular weight is 491 g/mol. The van der Waals surface area contributed by atoms with Crippen LogP contribution in [-0.2, 0) is 9.59 Å². The normalized spacial score (nSPS) is 10.8. The molecule has 0 aliphatic heterocycles. The second-order valence-electron chi connectivity index (χ2n) is 6.06. The van der Waals surface area contributed by atoms with Crippen LogP contribution in [0.3, 0.4) is 0 Å². The lowest BCUT2D eigenvalue weighted by Crippen LogP contribution is -2.39. The van der Waals surface area contributed by atoms with Crippen molar-refractivity contribution in [2.75, 3.05) is 30.3 Å². The number of hydrogen-bond donors (Lipinski definition) is 2. The van der Waals surface area contributed by atoms with Crippen LogP contribution in [0, 0.1) is 5.82 Å². The number of rotatable bonds is 8. The molecule has 28 heavy (non-hydrogen) atoms. The first-order valence-corrected chi connectivity index (χ1v) is 10.1. The van der Waals surface area contributed by atoms with Gasteiger partial charge in [0.15, 0.2) is 0 Å². The van der Waals surface area contributed by atoms with Crippen LogP contribution in [0.2, 0.25) is 10.0 Å². The van der Waals surface area contributed by atoms with Gasteiger partial charge in [-0.3, -0.25) is 14.5 Å². The molecule has 5 nitrogen and oxygen atoms in total. The summed E-state index contributed by atoms with van der Waals surface area (Å²) < 4.78 is 14.4. The summed E-state index contributed by atoms with van der Waals surface area (Å²) in [6.07, 6.45) is 0.741. The van der Waals surface area contributed by atoms with Crippen molar-refractivity contribution < 1.29 is 14.0 Å². The molecule has 2 aromatic rings. The van der Waals surface area contributed by atoms with Crippen molar-refractivity contribution >= 4 is 62.3 Å². The van der Waals surface area contributed by atoms with E-state index in [9.17, 15) is 14.0 Å². The summed E-state index contributed by atoms with van der Waals surface area (Å²) >= 11 is 15.1. The van der Waals surface area contributed by atoms with Crippen LogP contribution in [0.25, 0.3) is 0 Å². The summed E-state index contributed by atoms with van der Waals surface area (Å²) in [5.41, 5.74) is 0.483. The highest BCUT2D eigenvalue weighted by atomic mass is 79.9. The van der Waals surface area contributed by atoms with E-state index in [-0.39, 0.29) is 24.7 Å². The van der Waals surface area contributed by atoms with Crippen molar-refractivity contribution in [2.24, 2.45) is 0 Å². The van der Waals surface area contributed by atoms with Crippen molar-refractivity contribution in [3.05, 3.63) is 56.7 Å². The monoisotopic (exact) mass is 489 g/mol. The van der Waals surface area contributed by atoms with Gasteiger partial charge in [0.25, 0.3) is 0 Å². The Morgan fingerprint density at radius 1 is 1.04 bits per heavy atom. The third kappa shape index (κ3) is 7.05. The topological polar surface area (TPSA) is 61.4 Å². The summed E-state index contributed by atoms with van der Waals surface area (Å²) in [6, 6.07) is 9.12. The average Bonchev–Trinajstić information content (AvgIpc) is 2.60. The molecule has 0 aliphatic carbocycles. The third-order valence-electron chi connectivity index (χ3n) is 3.68. The number of carbonyl (C=O) groups is 2. The lowest BCUT2D eigenvalue weighted by molar-refractivity contribution is -0.120. The van der Waals surface area contributed by atoms with Crippen LogP contribution in [-0.4, -0.2) is 36.3 Å². The third-order valence-corrected chi connectivity index (χ3v) is 4.74. The summed E-state index contributed by atoms with van der Waals surface area (Å²) in [7, 11) is 0. The number of hydrogen-bond acceptors (Lipinski definition) is 3. The van der Waals surface area contributed by atoms with E-state index in [0.717, 1.165) is 6.42 Å². The molecule has 0 spiro atoms. The molecule has 0 unspecified atom stereocenters. The van der Waals surface area contributed by atoms with Crippen molar-refractivity contribution in [2.45, 2.75) is 13.3 Å². The number of amides is 2. The minimum Gasteiger partial charge on any atom is -0.324 e. The Morgan fingerprint density at radius 3 is 2.29 bits per heavy atom. The van der Waals surface area contributed by atoms with Crippen molar-refractivity contribution in [1.29, 1.82) is 0 Å². The summed E-state index contributed by atoms with van der Waals surface area (Å²) in [5.74, 6) is -1.29. The maximum absolute atomic E-state index is 13.9. The van der Waals surface area contributed by atoms with Crippen LogP contribution < -0.4 is 10.6 Å². The predicted molar refractivity (Wildman–Crippen MR) is 115 cm³/mol. The maximum atomic E-state index is 13.9. The molecule has 0 radical (unpaired) electrons. The quantitative estimate of drug-likeness (QED) is 0.535. The highest BCUT2D eigenvalue weighted by Gasteiger charge is 2.16. The molecule has 2 amide bonds. The Balaban J connectivity index is 1.97. The van der Waals surface area contributed by atoms with E-state index in [1.807, 2.05) is 6.92 Å². The zero-order valence-electron chi connectivity index (χ0n) is 15.1. The molecule has 0 aromatic heterocycles. The van der Waals surface area contributed by atoms with E-state index in [2.05, 4.69) is 26.6 Å². The molecule has 0 saturated heterocycles. The van der Waals surface area contributed by atoms with Crippen molar-refractivity contribution in [3.63, 3.8) is 0 Å². The summed E-state index contributed by atoms with van der Waals surface area (Å²) in [6.45, 7) is 2.38. The number of carbonyl (C=O) groups excluding carboxylic acids is 2. The Kier molecular flexibility index (Phi) is 8.69. The van der Waals surface area contributed by atoms with E-state index in [4.69, 9.17) is 23.2 Å². The lowest BCUT2D eigenvalue weighted by atomic mass is 10.3. The first-order valence-electron chi connectivity index (χ1n) is 8.50. The van der Waals surface area contributed by atoms with E-state index in [1.54, 1.807) is 29.2 Å². The predicted octanol–water partition coefficient (Wildman–Crippen LogP) is 5.18. The summed E-state index contributed by atoms with van der Waals surface area (Å²) in [5, 5.41) is 6.01. The van der Waals surface area contributed by atoms with Gasteiger partial charge in [0.2, 0.25) is 11.8 Å². The zero-order valence-corrected chi connectivity index (χ0v) is 18.2. The Hall–Kier alpha value is -1.67.